The van der Waals surface area contributed by atoms with Crippen molar-refractivity contribution >= 4 is 11.8 Å². The van der Waals surface area contributed by atoms with Gasteiger partial charge in [-0.3, -0.25) is 9.59 Å². The zero-order valence-electron chi connectivity index (χ0n) is 14.6. The third kappa shape index (κ3) is 8.25. The van der Waals surface area contributed by atoms with Gasteiger partial charge in [0.05, 0.1) is 6.10 Å². The first-order valence-corrected chi connectivity index (χ1v) is 8.99. The fraction of sp³-hybridized carbons (Fsp3) is 0.600. The van der Waals surface area contributed by atoms with Crippen LogP contribution in [0.3, 0.4) is 0 Å². The molecule has 1 aliphatic carbocycles. The van der Waals surface area contributed by atoms with Crippen LogP contribution in [0.15, 0.2) is 36.5 Å². The summed E-state index contributed by atoms with van der Waals surface area (Å²) in [4.78, 5) is 22.4. The van der Waals surface area contributed by atoms with Gasteiger partial charge in [0.15, 0.2) is 5.78 Å². The second kappa shape index (κ2) is 11.8. The average molecular weight is 334 g/mol. The fourth-order valence-electron chi connectivity index (χ4n) is 2.81. The summed E-state index contributed by atoms with van der Waals surface area (Å²) in [6.07, 6.45) is 17.0. The molecule has 134 valence electrons. The maximum Gasteiger partial charge on any atom is 0.303 e. The van der Waals surface area contributed by atoms with Crippen molar-refractivity contribution in [1.29, 1.82) is 0 Å². The van der Waals surface area contributed by atoms with E-state index in [4.69, 9.17) is 5.11 Å². The van der Waals surface area contributed by atoms with Gasteiger partial charge in [-0.1, -0.05) is 56.6 Å². The predicted molar refractivity (Wildman–Crippen MR) is 95.7 cm³/mol. The van der Waals surface area contributed by atoms with Crippen LogP contribution in [-0.4, -0.2) is 28.1 Å². The van der Waals surface area contributed by atoms with E-state index in [0.29, 0.717) is 6.42 Å². The number of unbranched alkanes of at least 4 members (excludes halogenated alkanes) is 3. The lowest BCUT2D eigenvalue weighted by atomic mass is 9.90. The minimum atomic E-state index is -0.768. The highest BCUT2D eigenvalue weighted by Crippen LogP contribution is 2.27. The van der Waals surface area contributed by atoms with E-state index < -0.39 is 12.1 Å². The van der Waals surface area contributed by atoms with Gasteiger partial charge in [-0.25, -0.2) is 0 Å². The maximum absolute atomic E-state index is 12.0. The van der Waals surface area contributed by atoms with Crippen LogP contribution in [0.5, 0.6) is 0 Å². The number of aliphatic hydroxyl groups is 1. The zero-order valence-corrected chi connectivity index (χ0v) is 14.6. The van der Waals surface area contributed by atoms with Gasteiger partial charge in [-0.05, 0) is 37.7 Å². The molecule has 1 aliphatic rings. The molecule has 0 spiro atoms. The zero-order chi connectivity index (χ0) is 17.8. The number of aliphatic carboxylic acids is 1. The maximum atomic E-state index is 12.0. The number of carboxylic acids is 1. The molecule has 0 radical (unpaired) electrons. The smallest absolute Gasteiger partial charge is 0.303 e. The van der Waals surface area contributed by atoms with Crippen molar-refractivity contribution in [3.8, 4) is 0 Å². The Bertz CT molecular complexity index is 476. The number of aliphatic hydroxyl groups excluding tert-OH is 1. The number of allylic oxidation sites excluding steroid dienone is 5. The Labute approximate surface area is 145 Å². The Balaban J connectivity index is 2.38. The SMILES string of the molecule is CCCCC[C@H](O)/C=C/[C@H]1C(=O)C=C[C@@H]1C/C=C/CCCC(=O)O. The Kier molecular flexibility index (Phi) is 10.0. The van der Waals surface area contributed by atoms with Crippen LogP contribution in [0.2, 0.25) is 0 Å². The van der Waals surface area contributed by atoms with Gasteiger partial charge in [0, 0.05) is 12.3 Å². The summed E-state index contributed by atoms with van der Waals surface area (Å²) in [5, 5.41) is 18.5. The molecule has 0 aromatic carbocycles. The summed E-state index contributed by atoms with van der Waals surface area (Å²) in [6, 6.07) is 0. The molecule has 1 rings (SSSR count). The van der Waals surface area contributed by atoms with Crippen molar-refractivity contribution < 1.29 is 19.8 Å². The molecule has 4 nitrogen and oxygen atoms in total. The number of rotatable bonds is 12. The van der Waals surface area contributed by atoms with E-state index in [2.05, 4.69) is 6.92 Å². The number of carbonyl (C=O) groups excluding carboxylic acids is 1. The first-order chi connectivity index (χ1) is 11.5. The third-order valence-corrected chi connectivity index (χ3v) is 4.28. The molecular weight excluding hydrogens is 304 g/mol. The lowest BCUT2D eigenvalue weighted by Crippen LogP contribution is -2.14. The van der Waals surface area contributed by atoms with Crippen molar-refractivity contribution in [2.75, 3.05) is 0 Å². The number of ketones is 1. The van der Waals surface area contributed by atoms with Crippen LogP contribution in [0, 0.1) is 11.8 Å². The van der Waals surface area contributed by atoms with E-state index in [1.54, 1.807) is 12.2 Å². The van der Waals surface area contributed by atoms with Gasteiger partial charge < -0.3 is 10.2 Å². The van der Waals surface area contributed by atoms with Gasteiger partial charge in [0.1, 0.15) is 0 Å². The normalized spacial score (nSPS) is 22.0. The molecule has 0 aliphatic heterocycles. The Hall–Kier alpha value is -1.68. The molecule has 0 fully saturated rings. The summed E-state index contributed by atoms with van der Waals surface area (Å²) in [7, 11) is 0. The number of hydrogen-bond acceptors (Lipinski definition) is 3. The van der Waals surface area contributed by atoms with Crippen LogP contribution >= 0.6 is 0 Å². The quantitative estimate of drug-likeness (QED) is 0.417. The molecule has 3 atom stereocenters. The van der Waals surface area contributed by atoms with Crippen molar-refractivity contribution in [3.63, 3.8) is 0 Å². The van der Waals surface area contributed by atoms with Crippen molar-refractivity contribution in [2.24, 2.45) is 11.8 Å². The number of hydrogen-bond donors (Lipinski definition) is 2. The molecular formula is C20H30O4. The van der Waals surface area contributed by atoms with Gasteiger partial charge in [-0.2, -0.15) is 0 Å². The molecule has 0 unspecified atom stereocenters. The van der Waals surface area contributed by atoms with Crippen molar-refractivity contribution in [1.82, 2.24) is 0 Å². The highest BCUT2D eigenvalue weighted by molar-refractivity contribution is 5.95. The molecule has 0 saturated carbocycles. The second-order valence-electron chi connectivity index (χ2n) is 6.39. The van der Waals surface area contributed by atoms with E-state index in [0.717, 1.165) is 38.5 Å². The van der Waals surface area contributed by atoms with Crippen LogP contribution < -0.4 is 0 Å². The molecule has 4 heteroatoms. The Morgan fingerprint density at radius 3 is 2.79 bits per heavy atom. The highest BCUT2D eigenvalue weighted by atomic mass is 16.4. The topological polar surface area (TPSA) is 74.6 Å². The molecule has 2 N–H and O–H groups in total. The monoisotopic (exact) mass is 334 g/mol. The van der Waals surface area contributed by atoms with E-state index in [-0.39, 0.29) is 24.0 Å². The summed E-state index contributed by atoms with van der Waals surface area (Å²) < 4.78 is 0. The standard InChI is InChI=1S/C20H30O4/c1-2-3-6-10-17(21)13-14-18-16(12-15-19(18)22)9-7-4-5-8-11-20(23)24/h4,7,12-18,21H,2-3,5-6,8-11H2,1H3,(H,23,24)/b7-4+,14-13+/t16-,17-,18+/m0/s1. The largest absolute Gasteiger partial charge is 0.481 e. The summed E-state index contributed by atoms with van der Waals surface area (Å²) in [5.41, 5.74) is 0. The van der Waals surface area contributed by atoms with Gasteiger partial charge in [0.2, 0.25) is 0 Å². The molecule has 24 heavy (non-hydrogen) atoms. The fourth-order valence-corrected chi connectivity index (χ4v) is 2.81. The van der Waals surface area contributed by atoms with Crippen LogP contribution in [-0.2, 0) is 9.59 Å². The van der Waals surface area contributed by atoms with Crippen molar-refractivity contribution in [2.45, 2.75) is 64.4 Å². The van der Waals surface area contributed by atoms with Crippen molar-refractivity contribution in [3.05, 3.63) is 36.5 Å². The van der Waals surface area contributed by atoms with E-state index in [9.17, 15) is 14.7 Å². The molecule has 0 heterocycles. The first-order valence-electron chi connectivity index (χ1n) is 8.99. The third-order valence-electron chi connectivity index (χ3n) is 4.28. The van der Waals surface area contributed by atoms with Crippen LogP contribution in [0.25, 0.3) is 0 Å². The first kappa shape index (κ1) is 20.4. The summed E-state index contributed by atoms with van der Waals surface area (Å²) in [6.45, 7) is 2.13. The average Bonchev–Trinajstić information content (AvgIpc) is 2.89. The summed E-state index contributed by atoms with van der Waals surface area (Å²) >= 11 is 0. The van der Waals surface area contributed by atoms with Crippen LogP contribution in [0.4, 0.5) is 0 Å². The van der Waals surface area contributed by atoms with Gasteiger partial charge in [0.25, 0.3) is 0 Å². The second-order valence-corrected chi connectivity index (χ2v) is 6.39. The van der Waals surface area contributed by atoms with E-state index >= 15 is 0 Å². The predicted octanol–water partition coefficient (Wildman–Crippen LogP) is 4.06. The number of carbonyl (C=O) groups is 2. The Morgan fingerprint density at radius 2 is 2.08 bits per heavy atom. The highest BCUT2D eigenvalue weighted by Gasteiger charge is 2.26. The van der Waals surface area contributed by atoms with Gasteiger partial charge >= 0.3 is 5.97 Å². The molecule has 0 saturated heterocycles. The lowest BCUT2D eigenvalue weighted by Gasteiger charge is -2.13. The van der Waals surface area contributed by atoms with Gasteiger partial charge in [-0.15, -0.1) is 0 Å². The number of carboxylic acid groups (broad SMARTS) is 1. The van der Waals surface area contributed by atoms with E-state index in [1.807, 2.05) is 24.3 Å². The molecule has 0 aromatic rings. The molecule has 0 bridgehead atoms. The lowest BCUT2D eigenvalue weighted by molar-refractivity contribution is -0.137. The van der Waals surface area contributed by atoms with Crippen LogP contribution in [0.1, 0.15) is 58.3 Å². The minimum absolute atomic E-state index is 0.0938. The Morgan fingerprint density at radius 1 is 1.29 bits per heavy atom. The molecule has 0 aromatic heterocycles. The summed E-state index contributed by atoms with van der Waals surface area (Å²) in [5.74, 6) is -0.728. The molecule has 0 amide bonds. The van der Waals surface area contributed by atoms with E-state index in [1.165, 1.54) is 0 Å². The minimum Gasteiger partial charge on any atom is -0.481 e.